The molecule has 0 saturated carbocycles. The second kappa shape index (κ2) is 6.66. The van der Waals surface area contributed by atoms with Crippen LogP contribution in [-0.2, 0) is 16.6 Å². The third kappa shape index (κ3) is 2.93. The maximum atomic E-state index is 11.6. The van der Waals surface area contributed by atoms with Gasteiger partial charge in [-0.3, -0.25) is 9.67 Å². The van der Waals surface area contributed by atoms with Gasteiger partial charge < -0.3 is 4.74 Å². The molecule has 122 valence electrons. The first-order valence-electron chi connectivity index (χ1n) is 7.84. The summed E-state index contributed by atoms with van der Waals surface area (Å²) >= 11 is 0. The van der Waals surface area contributed by atoms with E-state index in [9.17, 15) is 4.79 Å². The SMILES string of the molecule is CCOC(=O)/C=C/c1c(C)nn(C)c1-c1cccc2cccnc12. The van der Waals surface area contributed by atoms with Gasteiger partial charge in [-0.2, -0.15) is 5.10 Å². The van der Waals surface area contributed by atoms with Crippen molar-refractivity contribution in [2.24, 2.45) is 7.05 Å². The average molecular weight is 321 g/mol. The van der Waals surface area contributed by atoms with E-state index in [1.54, 1.807) is 19.2 Å². The topological polar surface area (TPSA) is 57.0 Å². The molecule has 0 radical (unpaired) electrons. The predicted octanol–water partition coefficient (Wildman–Crippen LogP) is 3.52. The molecule has 0 aliphatic rings. The molecule has 0 N–H and O–H groups in total. The predicted molar refractivity (Wildman–Crippen MR) is 94.3 cm³/mol. The summed E-state index contributed by atoms with van der Waals surface area (Å²) in [5, 5.41) is 5.57. The largest absolute Gasteiger partial charge is 0.463 e. The summed E-state index contributed by atoms with van der Waals surface area (Å²) in [7, 11) is 1.89. The molecule has 0 aliphatic carbocycles. The van der Waals surface area contributed by atoms with Gasteiger partial charge in [0, 0.05) is 35.8 Å². The lowest BCUT2D eigenvalue weighted by molar-refractivity contribution is -0.137. The lowest BCUT2D eigenvalue weighted by Gasteiger charge is -2.08. The van der Waals surface area contributed by atoms with Crippen molar-refractivity contribution in [1.29, 1.82) is 0 Å². The molecule has 24 heavy (non-hydrogen) atoms. The molecular weight excluding hydrogens is 302 g/mol. The van der Waals surface area contributed by atoms with E-state index in [1.165, 1.54) is 6.08 Å². The van der Waals surface area contributed by atoms with E-state index in [2.05, 4.69) is 10.1 Å². The number of hydrogen-bond acceptors (Lipinski definition) is 4. The molecule has 0 amide bonds. The number of para-hydroxylation sites is 1. The number of carbonyl (C=O) groups excluding carboxylic acids is 1. The van der Waals surface area contributed by atoms with Crippen molar-refractivity contribution in [3.63, 3.8) is 0 Å². The third-order valence-corrected chi connectivity index (χ3v) is 3.83. The highest BCUT2D eigenvalue weighted by Crippen LogP contribution is 2.31. The van der Waals surface area contributed by atoms with Crippen LogP contribution in [0.3, 0.4) is 0 Å². The Bertz CT molecular complexity index is 920. The summed E-state index contributed by atoms with van der Waals surface area (Å²) in [4.78, 5) is 16.2. The molecular formula is C19H19N3O2. The quantitative estimate of drug-likeness (QED) is 0.545. The van der Waals surface area contributed by atoms with Crippen LogP contribution in [0.1, 0.15) is 18.2 Å². The minimum atomic E-state index is -0.359. The molecule has 0 atom stereocenters. The van der Waals surface area contributed by atoms with E-state index >= 15 is 0 Å². The van der Waals surface area contributed by atoms with E-state index in [0.717, 1.165) is 33.4 Å². The Balaban J connectivity index is 2.16. The summed E-state index contributed by atoms with van der Waals surface area (Å²) < 4.78 is 6.78. The Labute approximate surface area is 140 Å². The van der Waals surface area contributed by atoms with Gasteiger partial charge in [0.05, 0.1) is 23.5 Å². The number of pyridine rings is 1. The number of aryl methyl sites for hydroxylation is 2. The van der Waals surface area contributed by atoms with Crippen LogP contribution in [0.5, 0.6) is 0 Å². The van der Waals surface area contributed by atoms with Crippen LogP contribution in [-0.4, -0.2) is 27.3 Å². The zero-order valence-electron chi connectivity index (χ0n) is 14.0. The van der Waals surface area contributed by atoms with Crippen LogP contribution in [0.4, 0.5) is 0 Å². The maximum Gasteiger partial charge on any atom is 0.330 e. The highest BCUT2D eigenvalue weighted by molar-refractivity contribution is 5.96. The molecule has 1 aromatic carbocycles. The van der Waals surface area contributed by atoms with Crippen LogP contribution in [0.25, 0.3) is 28.2 Å². The number of aromatic nitrogens is 3. The Kier molecular flexibility index (Phi) is 4.42. The van der Waals surface area contributed by atoms with E-state index in [-0.39, 0.29) is 5.97 Å². The summed E-state index contributed by atoms with van der Waals surface area (Å²) in [5.74, 6) is -0.359. The smallest absolute Gasteiger partial charge is 0.330 e. The van der Waals surface area contributed by atoms with Gasteiger partial charge in [0.15, 0.2) is 0 Å². The van der Waals surface area contributed by atoms with Crippen LogP contribution >= 0.6 is 0 Å². The van der Waals surface area contributed by atoms with E-state index in [4.69, 9.17) is 4.74 Å². The van der Waals surface area contributed by atoms with E-state index in [1.807, 2.05) is 49.0 Å². The van der Waals surface area contributed by atoms with E-state index < -0.39 is 0 Å². The normalized spacial score (nSPS) is 11.3. The van der Waals surface area contributed by atoms with Gasteiger partial charge >= 0.3 is 5.97 Å². The Morgan fingerprint density at radius 3 is 2.88 bits per heavy atom. The molecule has 0 spiro atoms. The molecule has 0 aliphatic heterocycles. The Morgan fingerprint density at radius 2 is 2.08 bits per heavy atom. The molecule has 2 aromatic heterocycles. The molecule has 3 rings (SSSR count). The number of esters is 1. The fourth-order valence-electron chi connectivity index (χ4n) is 2.83. The standard InChI is InChI=1S/C19H19N3O2/c1-4-24-17(23)11-10-15-13(2)21-22(3)19(15)16-9-5-7-14-8-6-12-20-18(14)16/h5-12H,4H2,1-3H3/b11-10+. The fourth-order valence-corrected chi connectivity index (χ4v) is 2.83. The molecule has 0 unspecified atom stereocenters. The number of carbonyl (C=O) groups is 1. The van der Waals surface area contributed by atoms with Crippen LogP contribution in [0.15, 0.2) is 42.6 Å². The zero-order chi connectivity index (χ0) is 17.1. The number of fused-ring (bicyclic) bond motifs is 1. The lowest BCUT2D eigenvalue weighted by atomic mass is 10.0. The first-order chi connectivity index (χ1) is 11.6. The number of benzene rings is 1. The number of hydrogen-bond donors (Lipinski definition) is 0. The van der Waals surface area contributed by atoms with Crippen molar-refractivity contribution in [2.75, 3.05) is 6.61 Å². The second-order valence-electron chi connectivity index (χ2n) is 5.44. The Morgan fingerprint density at radius 1 is 1.29 bits per heavy atom. The van der Waals surface area contributed by atoms with Gasteiger partial charge in [0.2, 0.25) is 0 Å². The number of rotatable bonds is 4. The molecule has 0 bridgehead atoms. The monoisotopic (exact) mass is 321 g/mol. The summed E-state index contributed by atoms with van der Waals surface area (Å²) in [5.41, 5.74) is 4.57. The molecule has 2 heterocycles. The summed E-state index contributed by atoms with van der Waals surface area (Å²) in [6.45, 7) is 4.07. The second-order valence-corrected chi connectivity index (χ2v) is 5.44. The first-order valence-corrected chi connectivity index (χ1v) is 7.84. The van der Waals surface area contributed by atoms with Gasteiger partial charge in [-0.15, -0.1) is 0 Å². The lowest BCUT2D eigenvalue weighted by Crippen LogP contribution is -1.99. The minimum absolute atomic E-state index is 0.356. The van der Waals surface area contributed by atoms with Gasteiger partial charge in [-0.1, -0.05) is 24.3 Å². The Hall–Kier alpha value is -2.95. The molecule has 3 aromatic rings. The first kappa shape index (κ1) is 15.9. The third-order valence-electron chi connectivity index (χ3n) is 3.83. The summed E-state index contributed by atoms with van der Waals surface area (Å²) in [6.07, 6.45) is 4.98. The zero-order valence-corrected chi connectivity index (χ0v) is 14.0. The van der Waals surface area contributed by atoms with Gasteiger partial charge in [-0.05, 0) is 26.0 Å². The molecule has 0 fully saturated rings. The van der Waals surface area contributed by atoms with Gasteiger partial charge in [0.25, 0.3) is 0 Å². The van der Waals surface area contributed by atoms with Crippen molar-refractivity contribution in [2.45, 2.75) is 13.8 Å². The maximum absolute atomic E-state index is 11.6. The van der Waals surface area contributed by atoms with Crippen LogP contribution in [0.2, 0.25) is 0 Å². The van der Waals surface area contributed by atoms with Crippen LogP contribution in [0, 0.1) is 6.92 Å². The summed E-state index contributed by atoms with van der Waals surface area (Å²) in [6, 6.07) is 10.0. The highest BCUT2D eigenvalue weighted by atomic mass is 16.5. The molecule has 5 nitrogen and oxygen atoms in total. The van der Waals surface area contributed by atoms with Crippen molar-refractivity contribution in [1.82, 2.24) is 14.8 Å². The minimum Gasteiger partial charge on any atom is -0.463 e. The fraction of sp³-hybridized carbons (Fsp3) is 0.211. The molecule has 5 heteroatoms. The number of nitrogens with zero attached hydrogens (tertiary/aromatic N) is 3. The van der Waals surface area contributed by atoms with Crippen LogP contribution < -0.4 is 0 Å². The van der Waals surface area contributed by atoms with Gasteiger partial charge in [-0.25, -0.2) is 4.79 Å². The highest BCUT2D eigenvalue weighted by Gasteiger charge is 2.16. The van der Waals surface area contributed by atoms with E-state index in [0.29, 0.717) is 6.61 Å². The number of ether oxygens (including phenoxy) is 1. The van der Waals surface area contributed by atoms with Crippen molar-refractivity contribution < 1.29 is 9.53 Å². The van der Waals surface area contributed by atoms with Crippen molar-refractivity contribution in [3.8, 4) is 11.3 Å². The van der Waals surface area contributed by atoms with Gasteiger partial charge in [0.1, 0.15) is 0 Å². The van der Waals surface area contributed by atoms with Crippen molar-refractivity contribution >= 4 is 22.9 Å². The molecule has 0 saturated heterocycles. The van der Waals surface area contributed by atoms with Crippen molar-refractivity contribution in [3.05, 3.63) is 53.9 Å². The average Bonchev–Trinajstić information content (AvgIpc) is 2.86.